The quantitative estimate of drug-likeness (QED) is 0.0265. The molecule has 0 rings (SSSR count). The van der Waals surface area contributed by atoms with Gasteiger partial charge in [-0.15, -0.1) is 0 Å². The van der Waals surface area contributed by atoms with Gasteiger partial charge in [0, 0.05) is 19.3 Å². The normalized spacial score (nSPS) is 12.4. The molecule has 0 aromatic carbocycles. The molecule has 330 valence electrons. The Morgan fingerprint density at radius 2 is 0.684 bits per heavy atom. The summed E-state index contributed by atoms with van der Waals surface area (Å²) in [6.07, 6.45) is 53.7. The van der Waals surface area contributed by atoms with Crippen LogP contribution in [0.5, 0.6) is 0 Å². The molecule has 0 aromatic rings. The molecule has 0 saturated heterocycles. The van der Waals surface area contributed by atoms with Crippen LogP contribution in [0.3, 0.4) is 0 Å². The molecule has 57 heavy (non-hydrogen) atoms. The number of allylic oxidation sites excluding steroid dienone is 8. The summed E-state index contributed by atoms with van der Waals surface area (Å²) in [5, 5.41) is 0. The van der Waals surface area contributed by atoms with E-state index in [0.29, 0.717) is 19.3 Å². The molecule has 0 radical (unpaired) electrons. The van der Waals surface area contributed by atoms with Crippen LogP contribution < -0.4 is 0 Å². The highest BCUT2D eigenvalue weighted by atomic mass is 16.6. The van der Waals surface area contributed by atoms with E-state index in [1.165, 1.54) is 89.9 Å². The van der Waals surface area contributed by atoms with E-state index in [0.717, 1.165) is 109 Å². The van der Waals surface area contributed by atoms with Crippen molar-refractivity contribution in [1.82, 2.24) is 0 Å². The predicted molar refractivity (Wildman–Crippen MR) is 242 cm³/mol. The van der Waals surface area contributed by atoms with Crippen molar-refractivity contribution in [2.45, 2.75) is 245 Å². The Balaban J connectivity index is 4.41. The van der Waals surface area contributed by atoms with Crippen LogP contribution in [-0.2, 0) is 28.6 Å². The lowest BCUT2D eigenvalue weighted by atomic mass is 10.0. The minimum absolute atomic E-state index is 0.0817. The maximum atomic E-state index is 12.7. The van der Waals surface area contributed by atoms with Crippen molar-refractivity contribution in [3.8, 4) is 0 Å². The highest BCUT2D eigenvalue weighted by Gasteiger charge is 2.19. The van der Waals surface area contributed by atoms with Gasteiger partial charge in [-0.2, -0.15) is 0 Å². The van der Waals surface area contributed by atoms with Gasteiger partial charge in [-0.1, -0.05) is 198 Å². The standard InChI is InChI=1S/C51H90O6/c1-4-7-10-13-16-19-22-25-27-29-32-35-38-41-44-50(53)56-47-48(46-55-49(52)43-40-37-34-31-28-24-21-18-15-12-9-6-3)57-51(54)45-42-39-36-33-30-26-23-20-17-14-11-8-5-2/h11,13-14,16,20,22-23,25,48H,4-10,12,15,17-19,21,24,26-47H2,1-3H3/b14-11-,16-13-,23-20-,25-22-. The van der Waals surface area contributed by atoms with E-state index in [9.17, 15) is 14.4 Å². The first-order valence-electron chi connectivity index (χ1n) is 24.1. The molecular formula is C51H90O6. The number of hydrogen-bond acceptors (Lipinski definition) is 6. The van der Waals surface area contributed by atoms with Gasteiger partial charge < -0.3 is 14.2 Å². The summed E-state index contributed by atoms with van der Waals surface area (Å²) < 4.78 is 16.7. The molecule has 0 N–H and O–H groups in total. The van der Waals surface area contributed by atoms with Gasteiger partial charge in [-0.3, -0.25) is 14.4 Å². The van der Waals surface area contributed by atoms with E-state index in [2.05, 4.69) is 69.4 Å². The Morgan fingerprint density at radius 1 is 0.351 bits per heavy atom. The van der Waals surface area contributed by atoms with Crippen LogP contribution in [0.4, 0.5) is 0 Å². The van der Waals surface area contributed by atoms with E-state index < -0.39 is 6.10 Å². The second kappa shape index (κ2) is 46.1. The van der Waals surface area contributed by atoms with Crippen LogP contribution in [0.25, 0.3) is 0 Å². The van der Waals surface area contributed by atoms with Crippen LogP contribution in [0.2, 0.25) is 0 Å². The van der Waals surface area contributed by atoms with Crippen molar-refractivity contribution in [2.75, 3.05) is 13.2 Å². The minimum Gasteiger partial charge on any atom is -0.462 e. The van der Waals surface area contributed by atoms with Gasteiger partial charge in [0.25, 0.3) is 0 Å². The zero-order chi connectivity index (χ0) is 41.5. The first-order valence-corrected chi connectivity index (χ1v) is 24.1. The molecule has 6 heteroatoms. The average Bonchev–Trinajstić information content (AvgIpc) is 3.21. The molecule has 1 atom stereocenters. The maximum absolute atomic E-state index is 12.7. The summed E-state index contributed by atoms with van der Waals surface area (Å²) in [5.74, 6) is -0.908. The summed E-state index contributed by atoms with van der Waals surface area (Å²) in [6.45, 7) is 6.50. The van der Waals surface area contributed by atoms with Crippen LogP contribution in [0, 0.1) is 0 Å². The second-order valence-electron chi connectivity index (χ2n) is 16.0. The average molecular weight is 799 g/mol. The van der Waals surface area contributed by atoms with Crippen molar-refractivity contribution >= 4 is 17.9 Å². The van der Waals surface area contributed by atoms with Gasteiger partial charge in [0.15, 0.2) is 6.10 Å². The van der Waals surface area contributed by atoms with Crippen molar-refractivity contribution < 1.29 is 28.6 Å². The van der Waals surface area contributed by atoms with E-state index in [1.54, 1.807) is 0 Å². The lowest BCUT2D eigenvalue weighted by molar-refractivity contribution is -0.167. The third-order valence-corrected chi connectivity index (χ3v) is 10.3. The van der Waals surface area contributed by atoms with Gasteiger partial charge in [0.2, 0.25) is 0 Å². The van der Waals surface area contributed by atoms with Gasteiger partial charge in [-0.05, 0) is 70.6 Å². The zero-order valence-corrected chi connectivity index (χ0v) is 37.6. The van der Waals surface area contributed by atoms with Gasteiger partial charge >= 0.3 is 17.9 Å². The number of carbonyl (C=O) groups is 3. The third-order valence-electron chi connectivity index (χ3n) is 10.3. The van der Waals surface area contributed by atoms with Gasteiger partial charge in [-0.25, -0.2) is 0 Å². The highest BCUT2D eigenvalue weighted by Crippen LogP contribution is 2.14. The van der Waals surface area contributed by atoms with Crippen molar-refractivity contribution in [3.05, 3.63) is 48.6 Å². The molecule has 0 aliphatic rings. The summed E-state index contributed by atoms with van der Waals surface area (Å²) in [6, 6.07) is 0. The van der Waals surface area contributed by atoms with Gasteiger partial charge in [0.05, 0.1) is 0 Å². The van der Waals surface area contributed by atoms with Crippen LogP contribution in [0.1, 0.15) is 239 Å². The maximum Gasteiger partial charge on any atom is 0.306 e. The van der Waals surface area contributed by atoms with Crippen molar-refractivity contribution in [1.29, 1.82) is 0 Å². The van der Waals surface area contributed by atoms with E-state index in [-0.39, 0.29) is 31.1 Å². The predicted octanol–water partition coefficient (Wildman–Crippen LogP) is 15.5. The Bertz CT molecular complexity index is 1010. The summed E-state index contributed by atoms with van der Waals surface area (Å²) in [7, 11) is 0. The largest absolute Gasteiger partial charge is 0.462 e. The van der Waals surface area contributed by atoms with Crippen LogP contribution in [0.15, 0.2) is 48.6 Å². The molecule has 0 bridgehead atoms. The first kappa shape index (κ1) is 54.4. The fourth-order valence-corrected chi connectivity index (χ4v) is 6.61. The third kappa shape index (κ3) is 44.3. The monoisotopic (exact) mass is 799 g/mol. The highest BCUT2D eigenvalue weighted by molar-refractivity contribution is 5.71. The minimum atomic E-state index is -0.782. The zero-order valence-electron chi connectivity index (χ0n) is 37.6. The molecule has 0 saturated carbocycles. The van der Waals surface area contributed by atoms with Crippen LogP contribution in [-0.4, -0.2) is 37.2 Å². The summed E-state index contributed by atoms with van der Waals surface area (Å²) in [5.41, 5.74) is 0. The number of esters is 3. The Labute approximate surface area is 352 Å². The molecule has 6 nitrogen and oxygen atoms in total. The van der Waals surface area contributed by atoms with Crippen LogP contribution >= 0.6 is 0 Å². The fourth-order valence-electron chi connectivity index (χ4n) is 6.61. The van der Waals surface area contributed by atoms with Crippen molar-refractivity contribution in [2.24, 2.45) is 0 Å². The lowest BCUT2D eigenvalue weighted by Crippen LogP contribution is -2.30. The molecule has 0 amide bonds. The summed E-state index contributed by atoms with van der Waals surface area (Å²) >= 11 is 0. The molecule has 0 aliphatic carbocycles. The number of unbranched alkanes of at least 4 members (excludes halogenated alkanes) is 24. The Hall–Kier alpha value is -2.63. The fraction of sp³-hybridized carbons (Fsp3) is 0.784. The second-order valence-corrected chi connectivity index (χ2v) is 16.0. The number of carbonyl (C=O) groups excluding carboxylic acids is 3. The first-order chi connectivity index (χ1) is 28.0. The summed E-state index contributed by atoms with van der Waals surface area (Å²) in [4.78, 5) is 37.8. The lowest BCUT2D eigenvalue weighted by Gasteiger charge is -2.18. The Kier molecular flexibility index (Phi) is 43.9. The van der Waals surface area contributed by atoms with Gasteiger partial charge in [0.1, 0.15) is 13.2 Å². The number of rotatable bonds is 43. The molecule has 0 fully saturated rings. The molecule has 0 aromatic heterocycles. The number of hydrogen-bond donors (Lipinski definition) is 0. The topological polar surface area (TPSA) is 78.9 Å². The van der Waals surface area contributed by atoms with E-state index in [4.69, 9.17) is 14.2 Å². The molecule has 0 aliphatic heterocycles. The van der Waals surface area contributed by atoms with E-state index in [1.807, 2.05) is 0 Å². The smallest absolute Gasteiger partial charge is 0.306 e. The SMILES string of the molecule is CCC/C=C\C/C=C\CCCCCCCC(=O)OC(COC(=O)CCCCCCC/C=C\C/C=C\CCCC)COC(=O)CCCCCCCCCCCCCC. The molecule has 1 unspecified atom stereocenters. The van der Waals surface area contributed by atoms with E-state index >= 15 is 0 Å². The molecular weight excluding hydrogens is 709 g/mol. The molecule has 0 spiro atoms. The van der Waals surface area contributed by atoms with Crippen molar-refractivity contribution in [3.63, 3.8) is 0 Å². The molecule has 0 heterocycles. The Morgan fingerprint density at radius 3 is 1.09 bits per heavy atom. The number of ether oxygens (including phenoxy) is 3.